The molecule has 0 saturated carbocycles. The maximum absolute atomic E-state index is 11.2. The molecule has 4 heteroatoms. The van der Waals surface area contributed by atoms with E-state index >= 15 is 0 Å². The molecule has 0 heterocycles. The summed E-state index contributed by atoms with van der Waals surface area (Å²) in [4.78, 5) is 0. The normalized spacial score (nSPS) is 16.2. The Morgan fingerprint density at radius 2 is 2.08 bits per heavy atom. The minimum Gasteiger partial charge on any atom is -0.312 e. The molecule has 3 nitrogen and oxygen atoms in total. The van der Waals surface area contributed by atoms with Crippen molar-refractivity contribution in [2.75, 3.05) is 12.8 Å². The van der Waals surface area contributed by atoms with Crippen molar-refractivity contribution in [2.24, 2.45) is 0 Å². The molecule has 0 bridgehead atoms. The van der Waals surface area contributed by atoms with Crippen molar-refractivity contribution in [1.29, 1.82) is 0 Å². The fourth-order valence-corrected chi connectivity index (χ4v) is 1.88. The van der Waals surface area contributed by atoms with Crippen LogP contribution < -0.4 is 5.32 Å². The van der Waals surface area contributed by atoms with Gasteiger partial charge in [0, 0.05) is 18.7 Å². The van der Waals surface area contributed by atoms with Crippen LogP contribution in [-0.4, -0.2) is 32.5 Å². The van der Waals surface area contributed by atoms with E-state index in [1.54, 1.807) is 6.92 Å². The van der Waals surface area contributed by atoms with Gasteiger partial charge in [0.25, 0.3) is 0 Å². The molecule has 0 aliphatic rings. The van der Waals surface area contributed by atoms with Crippen molar-refractivity contribution in [3.8, 4) is 12.3 Å². The summed E-state index contributed by atoms with van der Waals surface area (Å²) in [7, 11) is -3.00. The SMILES string of the molecule is C#CCC(NCC)C(C)S(C)(=O)=O. The van der Waals surface area contributed by atoms with E-state index in [1.165, 1.54) is 6.26 Å². The number of hydrogen-bond acceptors (Lipinski definition) is 3. The number of terminal acetylenes is 1. The quantitative estimate of drug-likeness (QED) is 0.659. The number of hydrogen-bond donors (Lipinski definition) is 1. The van der Waals surface area contributed by atoms with E-state index < -0.39 is 15.1 Å². The van der Waals surface area contributed by atoms with Crippen LogP contribution in [-0.2, 0) is 9.84 Å². The summed E-state index contributed by atoms with van der Waals surface area (Å²) in [5.74, 6) is 2.48. The zero-order chi connectivity index (χ0) is 10.5. The van der Waals surface area contributed by atoms with Crippen molar-refractivity contribution in [1.82, 2.24) is 5.32 Å². The van der Waals surface area contributed by atoms with Gasteiger partial charge in [0.2, 0.25) is 0 Å². The largest absolute Gasteiger partial charge is 0.312 e. The van der Waals surface area contributed by atoms with Gasteiger partial charge in [0.1, 0.15) is 0 Å². The molecule has 0 aromatic carbocycles. The summed E-state index contributed by atoms with van der Waals surface area (Å²) in [6.45, 7) is 4.34. The highest BCUT2D eigenvalue weighted by Gasteiger charge is 2.24. The molecule has 0 aliphatic carbocycles. The molecule has 0 aromatic heterocycles. The second-order valence-electron chi connectivity index (χ2n) is 3.11. The third kappa shape index (κ3) is 4.30. The Morgan fingerprint density at radius 3 is 2.38 bits per heavy atom. The molecule has 0 saturated heterocycles. The predicted molar refractivity (Wildman–Crippen MR) is 55.2 cm³/mol. The van der Waals surface area contributed by atoms with Gasteiger partial charge < -0.3 is 5.32 Å². The Morgan fingerprint density at radius 1 is 1.54 bits per heavy atom. The molecule has 0 amide bonds. The monoisotopic (exact) mass is 203 g/mol. The Balaban J connectivity index is 4.47. The predicted octanol–water partition coefficient (Wildman–Crippen LogP) is 0.421. The molecule has 2 atom stereocenters. The molecular weight excluding hydrogens is 186 g/mol. The second kappa shape index (κ2) is 5.25. The van der Waals surface area contributed by atoms with Crippen LogP contribution >= 0.6 is 0 Å². The van der Waals surface area contributed by atoms with Crippen LogP contribution in [0.3, 0.4) is 0 Å². The van der Waals surface area contributed by atoms with Crippen LogP contribution in [0.1, 0.15) is 20.3 Å². The summed E-state index contributed by atoms with van der Waals surface area (Å²) in [6, 6.07) is -0.134. The minimum atomic E-state index is -3.00. The zero-order valence-corrected chi connectivity index (χ0v) is 9.19. The van der Waals surface area contributed by atoms with Crippen LogP contribution in [0, 0.1) is 12.3 Å². The van der Waals surface area contributed by atoms with Crippen molar-refractivity contribution in [3.05, 3.63) is 0 Å². The first-order valence-electron chi connectivity index (χ1n) is 4.29. The third-order valence-electron chi connectivity index (χ3n) is 2.05. The lowest BCUT2D eigenvalue weighted by molar-refractivity contribution is 0.504. The molecule has 13 heavy (non-hydrogen) atoms. The Hall–Kier alpha value is -0.530. The van der Waals surface area contributed by atoms with Gasteiger partial charge in [0.15, 0.2) is 9.84 Å². The molecule has 0 aromatic rings. The van der Waals surface area contributed by atoms with Gasteiger partial charge in [-0.2, -0.15) is 0 Å². The summed E-state index contributed by atoms with van der Waals surface area (Å²) in [5.41, 5.74) is 0. The van der Waals surface area contributed by atoms with Crippen LogP contribution in [0.25, 0.3) is 0 Å². The van der Waals surface area contributed by atoms with E-state index in [4.69, 9.17) is 6.42 Å². The van der Waals surface area contributed by atoms with Crippen molar-refractivity contribution in [2.45, 2.75) is 31.6 Å². The van der Waals surface area contributed by atoms with Gasteiger partial charge in [-0.1, -0.05) is 6.92 Å². The molecule has 0 rings (SSSR count). The second-order valence-corrected chi connectivity index (χ2v) is 5.51. The van der Waals surface area contributed by atoms with Gasteiger partial charge in [-0.05, 0) is 13.5 Å². The van der Waals surface area contributed by atoms with Crippen LogP contribution in [0.2, 0.25) is 0 Å². The molecule has 0 spiro atoms. The number of rotatable bonds is 5. The Bertz CT molecular complexity index is 276. The van der Waals surface area contributed by atoms with E-state index in [1.807, 2.05) is 6.92 Å². The molecule has 0 aliphatic heterocycles. The van der Waals surface area contributed by atoms with Gasteiger partial charge in [-0.3, -0.25) is 0 Å². The average Bonchev–Trinajstić information content (AvgIpc) is 2.01. The summed E-state index contributed by atoms with van der Waals surface area (Å²) >= 11 is 0. The van der Waals surface area contributed by atoms with Crippen molar-refractivity contribution < 1.29 is 8.42 Å². The lowest BCUT2D eigenvalue weighted by Crippen LogP contribution is -2.41. The summed E-state index contributed by atoms with van der Waals surface area (Å²) in [5, 5.41) is 2.64. The molecule has 0 fully saturated rings. The average molecular weight is 203 g/mol. The highest BCUT2D eigenvalue weighted by Crippen LogP contribution is 2.07. The van der Waals surface area contributed by atoms with Crippen LogP contribution in [0.15, 0.2) is 0 Å². The van der Waals surface area contributed by atoms with E-state index in [0.29, 0.717) is 6.42 Å². The fraction of sp³-hybridized carbons (Fsp3) is 0.778. The van der Waals surface area contributed by atoms with Crippen molar-refractivity contribution >= 4 is 9.84 Å². The topological polar surface area (TPSA) is 46.2 Å². The molecule has 0 radical (unpaired) electrons. The lowest BCUT2D eigenvalue weighted by Gasteiger charge is -2.21. The van der Waals surface area contributed by atoms with E-state index in [2.05, 4.69) is 11.2 Å². The third-order valence-corrected chi connectivity index (χ3v) is 3.73. The standard InChI is InChI=1S/C9H17NO2S/c1-5-7-9(10-6-2)8(3)13(4,11)12/h1,8-10H,6-7H2,2-4H3. The first kappa shape index (κ1) is 12.5. The van der Waals surface area contributed by atoms with E-state index in [0.717, 1.165) is 6.54 Å². The zero-order valence-electron chi connectivity index (χ0n) is 8.37. The van der Waals surface area contributed by atoms with Crippen LogP contribution in [0.4, 0.5) is 0 Å². The Labute approximate surface area is 80.8 Å². The Kier molecular flexibility index (Phi) is 5.04. The number of sulfone groups is 1. The highest BCUT2D eigenvalue weighted by atomic mass is 32.2. The molecule has 76 valence electrons. The summed E-state index contributed by atoms with van der Waals surface area (Å²) < 4.78 is 22.4. The number of nitrogens with one attached hydrogen (secondary N) is 1. The van der Waals surface area contributed by atoms with Gasteiger partial charge in [-0.15, -0.1) is 12.3 Å². The maximum Gasteiger partial charge on any atom is 0.151 e. The highest BCUT2D eigenvalue weighted by molar-refractivity contribution is 7.91. The van der Waals surface area contributed by atoms with Gasteiger partial charge in [-0.25, -0.2) is 8.42 Å². The molecule has 2 unspecified atom stereocenters. The lowest BCUT2D eigenvalue weighted by atomic mass is 10.1. The van der Waals surface area contributed by atoms with E-state index in [-0.39, 0.29) is 6.04 Å². The van der Waals surface area contributed by atoms with Gasteiger partial charge in [0.05, 0.1) is 5.25 Å². The first-order valence-corrected chi connectivity index (χ1v) is 6.24. The first-order chi connectivity index (χ1) is 5.93. The smallest absolute Gasteiger partial charge is 0.151 e. The van der Waals surface area contributed by atoms with E-state index in [9.17, 15) is 8.42 Å². The maximum atomic E-state index is 11.2. The minimum absolute atomic E-state index is 0.134. The van der Waals surface area contributed by atoms with Crippen molar-refractivity contribution in [3.63, 3.8) is 0 Å². The fourth-order valence-electron chi connectivity index (χ4n) is 1.09. The van der Waals surface area contributed by atoms with Crippen LogP contribution in [0.5, 0.6) is 0 Å². The molecular formula is C9H17NO2S. The molecule has 1 N–H and O–H groups in total. The summed E-state index contributed by atoms with van der Waals surface area (Å²) in [6.07, 6.45) is 6.84. The van der Waals surface area contributed by atoms with Gasteiger partial charge >= 0.3 is 0 Å².